The van der Waals surface area contributed by atoms with Crippen LogP contribution in [0, 0.1) is 13.8 Å². The van der Waals surface area contributed by atoms with Gasteiger partial charge in [0.15, 0.2) is 0 Å². The first-order valence-corrected chi connectivity index (χ1v) is 11.2. The van der Waals surface area contributed by atoms with Crippen molar-refractivity contribution in [2.24, 2.45) is 0 Å². The van der Waals surface area contributed by atoms with Gasteiger partial charge in [-0.05, 0) is 62.6 Å². The number of aromatic nitrogens is 2. The third-order valence-corrected chi connectivity index (χ3v) is 6.45. The van der Waals surface area contributed by atoms with Gasteiger partial charge in [0.25, 0.3) is 15.9 Å². The maximum atomic E-state index is 13.0. The van der Waals surface area contributed by atoms with Crippen LogP contribution < -0.4 is 10.0 Å². The van der Waals surface area contributed by atoms with Crippen molar-refractivity contribution >= 4 is 27.4 Å². The van der Waals surface area contributed by atoms with Crippen molar-refractivity contribution in [1.29, 1.82) is 0 Å². The molecule has 1 heterocycles. The van der Waals surface area contributed by atoms with Crippen LogP contribution in [0.25, 0.3) is 0 Å². The predicted molar refractivity (Wildman–Crippen MR) is 118 cm³/mol. The predicted octanol–water partition coefficient (Wildman–Crippen LogP) is 4.52. The summed E-state index contributed by atoms with van der Waals surface area (Å²) in [5, 5.41) is 7.08. The zero-order valence-corrected chi connectivity index (χ0v) is 18.3. The minimum Gasteiger partial charge on any atom is -0.307 e. The summed E-state index contributed by atoms with van der Waals surface area (Å²) in [6.07, 6.45) is 2.49. The Morgan fingerprint density at radius 1 is 1.13 bits per heavy atom. The highest BCUT2D eigenvalue weighted by Crippen LogP contribution is 2.23. The number of hydrogen-bond donors (Lipinski definition) is 2. The number of carbonyl (C=O) groups excluding carboxylic acids is 1. The molecule has 1 aromatic heterocycles. The number of nitrogens with one attached hydrogen (secondary N) is 2. The first kappa shape index (κ1) is 21.6. The van der Waals surface area contributed by atoms with Gasteiger partial charge in [-0.25, -0.2) is 13.1 Å². The Hall–Kier alpha value is -3.13. The molecule has 1 atom stereocenters. The summed E-state index contributed by atoms with van der Waals surface area (Å²) in [6, 6.07) is 13.6. The van der Waals surface area contributed by atoms with Crippen molar-refractivity contribution in [2.75, 3.05) is 10.0 Å². The molecule has 3 aromatic rings. The molecule has 30 heavy (non-hydrogen) atoms. The summed E-state index contributed by atoms with van der Waals surface area (Å²) in [5.41, 5.74) is 2.22. The van der Waals surface area contributed by atoms with Crippen LogP contribution in [-0.4, -0.2) is 24.1 Å². The smallest absolute Gasteiger partial charge is 0.262 e. The number of benzene rings is 2. The van der Waals surface area contributed by atoms with E-state index < -0.39 is 15.9 Å². The quantitative estimate of drug-likeness (QED) is 0.581. The van der Waals surface area contributed by atoms with E-state index in [0.717, 1.165) is 12.0 Å². The van der Waals surface area contributed by atoms with Gasteiger partial charge in [-0.2, -0.15) is 5.10 Å². The Labute approximate surface area is 177 Å². The van der Waals surface area contributed by atoms with Gasteiger partial charge >= 0.3 is 0 Å². The fourth-order valence-electron chi connectivity index (χ4n) is 3.08. The fraction of sp³-hybridized carbons (Fsp3) is 0.273. The molecule has 8 heteroatoms. The first-order valence-electron chi connectivity index (χ1n) is 9.76. The number of sulfonamides is 1. The van der Waals surface area contributed by atoms with Crippen molar-refractivity contribution in [2.45, 2.75) is 45.1 Å². The molecule has 1 amide bonds. The maximum Gasteiger partial charge on any atom is 0.262 e. The highest BCUT2D eigenvalue weighted by molar-refractivity contribution is 7.92. The van der Waals surface area contributed by atoms with Crippen molar-refractivity contribution in [1.82, 2.24) is 9.78 Å². The summed E-state index contributed by atoms with van der Waals surface area (Å²) < 4.78 is 30.2. The molecule has 0 aliphatic rings. The topological polar surface area (TPSA) is 93.1 Å². The molecule has 0 radical (unpaired) electrons. The zero-order valence-electron chi connectivity index (χ0n) is 17.5. The largest absolute Gasteiger partial charge is 0.307 e. The Morgan fingerprint density at radius 2 is 1.90 bits per heavy atom. The molecule has 0 aliphatic carbocycles. The first-order chi connectivity index (χ1) is 14.2. The number of rotatable bonds is 7. The minimum absolute atomic E-state index is 0.0621. The van der Waals surface area contributed by atoms with Crippen LogP contribution in [0.15, 0.2) is 59.6 Å². The summed E-state index contributed by atoms with van der Waals surface area (Å²) in [6.45, 7) is 7.63. The Bertz CT molecular complexity index is 1170. The lowest BCUT2D eigenvalue weighted by molar-refractivity contribution is 0.102. The van der Waals surface area contributed by atoms with Gasteiger partial charge in [-0.3, -0.25) is 9.52 Å². The molecule has 0 aliphatic heterocycles. The number of aryl methyl sites for hydroxylation is 2. The van der Waals surface area contributed by atoms with E-state index in [1.54, 1.807) is 54.2 Å². The summed E-state index contributed by atoms with van der Waals surface area (Å²) >= 11 is 0. The molecular formula is C22H26N4O3S. The van der Waals surface area contributed by atoms with E-state index in [-0.39, 0.29) is 16.5 Å². The van der Waals surface area contributed by atoms with Gasteiger partial charge in [-0.1, -0.05) is 25.1 Å². The van der Waals surface area contributed by atoms with E-state index in [2.05, 4.69) is 15.1 Å². The van der Waals surface area contributed by atoms with Crippen molar-refractivity contribution < 1.29 is 13.2 Å². The van der Waals surface area contributed by atoms with Gasteiger partial charge in [-0.15, -0.1) is 0 Å². The van der Waals surface area contributed by atoms with E-state index in [4.69, 9.17) is 0 Å². The standard InChI is InChI=1S/C22H26N4O3S/c1-5-17(4)26-21(11-12-23-26)24-22(27)18-10-9-16(3)20(14-18)30(28,29)25-19-8-6-7-15(2)13-19/h6-14,17,25H,5H2,1-4H3,(H,24,27). The molecule has 0 saturated carbocycles. The van der Waals surface area contributed by atoms with Crippen LogP contribution in [0.5, 0.6) is 0 Å². The highest BCUT2D eigenvalue weighted by atomic mass is 32.2. The summed E-state index contributed by atoms with van der Waals surface area (Å²) in [4.78, 5) is 12.9. The van der Waals surface area contributed by atoms with Gasteiger partial charge in [0.2, 0.25) is 0 Å². The molecule has 158 valence electrons. The molecular weight excluding hydrogens is 400 g/mol. The second kappa shape index (κ2) is 8.71. The van der Waals surface area contributed by atoms with Crippen molar-refractivity contribution in [3.8, 4) is 0 Å². The van der Waals surface area contributed by atoms with E-state index in [1.165, 1.54) is 6.07 Å². The summed E-state index contributed by atoms with van der Waals surface area (Å²) in [7, 11) is -3.85. The molecule has 0 saturated heterocycles. The van der Waals surface area contributed by atoms with Crippen LogP contribution in [0.4, 0.5) is 11.5 Å². The highest BCUT2D eigenvalue weighted by Gasteiger charge is 2.20. The van der Waals surface area contributed by atoms with Gasteiger partial charge in [0, 0.05) is 17.3 Å². The summed E-state index contributed by atoms with van der Waals surface area (Å²) in [5.74, 6) is 0.171. The lowest BCUT2D eigenvalue weighted by atomic mass is 10.1. The second-order valence-electron chi connectivity index (χ2n) is 7.33. The number of amides is 1. The van der Waals surface area contributed by atoms with E-state index in [0.29, 0.717) is 17.1 Å². The Morgan fingerprint density at radius 3 is 2.60 bits per heavy atom. The number of anilines is 2. The SMILES string of the molecule is CCC(C)n1nccc1NC(=O)c1ccc(C)c(S(=O)(=O)Nc2cccc(C)c2)c1. The lowest BCUT2D eigenvalue weighted by Crippen LogP contribution is -2.19. The number of hydrogen-bond acceptors (Lipinski definition) is 4. The van der Waals surface area contributed by atoms with Gasteiger partial charge in [0.1, 0.15) is 5.82 Å². The van der Waals surface area contributed by atoms with Crippen LogP contribution in [0.1, 0.15) is 47.8 Å². The molecule has 7 nitrogen and oxygen atoms in total. The number of carbonyl (C=O) groups is 1. The zero-order chi connectivity index (χ0) is 21.9. The molecule has 0 spiro atoms. The Balaban J connectivity index is 1.88. The molecule has 0 bridgehead atoms. The van der Waals surface area contributed by atoms with E-state index >= 15 is 0 Å². The minimum atomic E-state index is -3.85. The number of nitrogens with zero attached hydrogens (tertiary/aromatic N) is 2. The molecule has 0 fully saturated rings. The fourth-order valence-corrected chi connectivity index (χ4v) is 4.40. The molecule has 3 rings (SSSR count). The Kier molecular flexibility index (Phi) is 6.26. The molecule has 2 N–H and O–H groups in total. The normalized spacial score (nSPS) is 12.4. The second-order valence-corrected chi connectivity index (χ2v) is 8.98. The third kappa shape index (κ3) is 4.71. The lowest BCUT2D eigenvalue weighted by Gasteiger charge is -2.15. The maximum absolute atomic E-state index is 13.0. The van der Waals surface area contributed by atoms with Crippen LogP contribution >= 0.6 is 0 Å². The molecule has 1 unspecified atom stereocenters. The van der Waals surface area contributed by atoms with Gasteiger partial charge in [0.05, 0.1) is 17.1 Å². The van der Waals surface area contributed by atoms with E-state index in [1.807, 2.05) is 26.8 Å². The van der Waals surface area contributed by atoms with Crippen molar-refractivity contribution in [3.63, 3.8) is 0 Å². The third-order valence-electron chi connectivity index (χ3n) is 4.93. The van der Waals surface area contributed by atoms with Crippen LogP contribution in [-0.2, 0) is 10.0 Å². The van der Waals surface area contributed by atoms with E-state index in [9.17, 15) is 13.2 Å². The molecule has 2 aromatic carbocycles. The monoisotopic (exact) mass is 426 g/mol. The van der Waals surface area contributed by atoms with Crippen molar-refractivity contribution in [3.05, 3.63) is 71.4 Å². The average molecular weight is 427 g/mol. The van der Waals surface area contributed by atoms with Gasteiger partial charge < -0.3 is 5.32 Å². The van der Waals surface area contributed by atoms with Crippen LogP contribution in [0.2, 0.25) is 0 Å². The van der Waals surface area contributed by atoms with Crippen LogP contribution in [0.3, 0.4) is 0 Å². The average Bonchev–Trinajstić information content (AvgIpc) is 3.15.